The second-order valence-corrected chi connectivity index (χ2v) is 4.73. The van der Waals surface area contributed by atoms with Crippen LogP contribution in [0.4, 0.5) is 0 Å². The van der Waals surface area contributed by atoms with E-state index < -0.39 is 0 Å². The Bertz CT molecular complexity index is 226. The zero-order chi connectivity index (χ0) is 8.65. The normalized spacial score (nSPS) is 10.8. The van der Waals surface area contributed by atoms with Gasteiger partial charge in [0.15, 0.2) is 0 Å². The van der Waals surface area contributed by atoms with E-state index >= 15 is 0 Å². The predicted octanol–water partition coefficient (Wildman–Crippen LogP) is 2.89. The Balaban J connectivity index is 2.24. The molecular weight excluding hydrogens is 211 g/mol. The van der Waals surface area contributed by atoms with Crippen LogP contribution in [0.25, 0.3) is 0 Å². The molecule has 1 rings (SSSR count). The molecule has 0 amide bonds. The third kappa shape index (κ3) is 3.75. The van der Waals surface area contributed by atoms with Crippen LogP contribution >= 0.6 is 0 Å². The van der Waals surface area contributed by atoms with Gasteiger partial charge in [-0.05, 0) is 0 Å². The third-order valence-electron chi connectivity index (χ3n) is 1.56. The van der Waals surface area contributed by atoms with Gasteiger partial charge in [-0.3, -0.25) is 0 Å². The van der Waals surface area contributed by atoms with Crippen molar-refractivity contribution in [3.05, 3.63) is 48.0 Å². The van der Waals surface area contributed by atoms with Gasteiger partial charge in [0.2, 0.25) is 0 Å². The summed E-state index contributed by atoms with van der Waals surface area (Å²) in [6, 6.07) is 10.7. The second kappa shape index (κ2) is 6.05. The minimum absolute atomic E-state index is 0.744. The summed E-state index contributed by atoms with van der Waals surface area (Å²) in [6.07, 6.45) is 4.38. The topological polar surface area (TPSA) is 0 Å². The zero-order valence-corrected chi connectivity index (χ0v) is 9.08. The van der Waals surface area contributed by atoms with Gasteiger partial charge < -0.3 is 0 Å². The van der Waals surface area contributed by atoms with E-state index in [1.54, 1.807) is 0 Å². The first-order valence-electron chi connectivity index (χ1n) is 4.16. The van der Waals surface area contributed by atoms with Gasteiger partial charge in [0, 0.05) is 0 Å². The third-order valence-corrected chi connectivity index (χ3v) is 3.59. The average molecular weight is 225 g/mol. The fraction of sp³-hybridized carbons (Fsp3) is 0.273. The first kappa shape index (κ1) is 9.57. The first-order chi connectivity index (χ1) is 5.93. The molecular formula is C11H14Se. The van der Waals surface area contributed by atoms with Gasteiger partial charge in [-0.2, -0.15) is 0 Å². The van der Waals surface area contributed by atoms with Crippen LogP contribution in [0.1, 0.15) is 12.5 Å². The molecule has 0 saturated heterocycles. The fourth-order valence-electron chi connectivity index (χ4n) is 0.915. The Labute approximate surface area is 80.8 Å². The van der Waals surface area contributed by atoms with Crippen molar-refractivity contribution in [1.82, 2.24) is 0 Å². The van der Waals surface area contributed by atoms with Crippen LogP contribution in [0.5, 0.6) is 0 Å². The van der Waals surface area contributed by atoms with Gasteiger partial charge in [0.1, 0.15) is 0 Å². The summed E-state index contributed by atoms with van der Waals surface area (Å²) in [4.78, 5) is 0. The molecule has 12 heavy (non-hydrogen) atoms. The monoisotopic (exact) mass is 226 g/mol. The maximum atomic E-state index is 2.25. The fourth-order valence-corrected chi connectivity index (χ4v) is 2.75. The number of hydrogen-bond acceptors (Lipinski definition) is 0. The van der Waals surface area contributed by atoms with Gasteiger partial charge in [-0.25, -0.2) is 0 Å². The molecule has 0 saturated carbocycles. The van der Waals surface area contributed by atoms with Crippen LogP contribution in [0.2, 0.25) is 5.32 Å². The molecule has 0 fully saturated rings. The van der Waals surface area contributed by atoms with E-state index in [0.717, 1.165) is 15.0 Å². The van der Waals surface area contributed by atoms with Crippen LogP contribution in [-0.2, 0) is 5.32 Å². The molecule has 0 aliphatic carbocycles. The summed E-state index contributed by atoms with van der Waals surface area (Å²) in [6.45, 7) is 2.08. The summed E-state index contributed by atoms with van der Waals surface area (Å²) in [5.74, 6) is 0. The van der Waals surface area contributed by atoms with Crippen LogP contribution in [0.15, 0.2) is 42.5 Å². The Morgan fingerprint density at radius 1 is 1.25 bits per heavy atom. The average Bonchev–Trinajstić information content (AvgIpc) is 2.14. The quantitative estimate of drug-likeness (QED) is 0.420. The van der Waals surface area contributed by atoms with Crippen molar-refractivity contribution in [2.24, 2.45) is 0 Å². The van der Waals surface area contributed by atoms with Crippen molar-refractivity contribution < 1.29 is 0 Å². The van der Waals surface area contributed by atoms with Gasteiger partial charge in [0.25, 0.3) is 0 Å². The molecule has 0 atom stereocenters. The Morgan fingerprint density at radius 3 is 2.67 bits per heavy atom. The molecule has 0 N–H and O–H groups in total. The van der Waals surface area contributed by atoms with E-state index in [1.807, 2.05) is 0 Å². The van der Waals surface area contributed by atoms with Crippen LogP contribution in [-0.4, -0.2) is 15.0 Å². The molecule has 1 aromatic rings. The maximum absolute atomic E-state index is 2.25. The molecule has 1 heteroatoms. The number of allylic oxidation sites excluding steroid dienone is 2. The Hall–Kier alpha value is -0.521. The van der Waals surface area contributed by atoms with E-state index in [4.69, 9.17) is 0 Å². The van der Waals surface area contributed by atoms with Crippen molar-refractivity contribution in [3.63, 3.8) is 0 Å². The molecule has 64 valence electrons. The SMILES string of the molecule is C/C=C/C[Se]Cc1ccccc1. The molecule has 0 nitrogen and oxygen atoms in total. The van der Waals surface area contributed by atoms with Crippen molar-refractivity contribution in [2.75, 3.05) is 0 Å². The van der Waals surface area contributed by atoms with Crippen LogP contribution in [0, 0.1) is 0 Å². The molecule has 0 spiro atoms. The minimum atomic E-state index is 0.744. The van der Waals surface area contributed by atoms with Crippen molar-refractivity contribution >= 4 is 15.0 Å². The van der Waals surface area contributed by atoms with E-state index in [-0.39, 0.29) is 0 Å². The Morgan fingerprint density at radius 2 is 2.00 bits per heavy atom. The van der Waals surface area contributed by atoms with Gasteiger partial charge in [-0.1, -0.05) is 0 Å². The van der Waals surface area contributed by atoms with E-state index in [2.05, 4.69) is 49.4 Å². The molecule has 0 aromatic heterocycles. The molecule has 0 aliphatic rings. The number of hydrogen-bond donors (Lipinski definition) is 0. The van der Waals surface area contributed by atoms with Gasteiger partial charge in [-0.15, -0.1) is 0 Å². The van der Waals surface area contributed by atoms with Crippen molar-refractivity contribution in [2.45, 2.75) is 17.6 Å². The standard InChI is InChI=1S/C11H14Se/c1-2-3-9-12-10-11-7-5-4-6-8-11/h2-8H,9-10H2,1H3/b3-2+. The number of benzene rings is 1. The van der Waals surface area contributed by atoms with Gasteiger partial charge in [0.05, 0.1) is 0 Å². The summed E-state index contributed by atoms with van der Waals surface area (Å²) in [5, 5.41) is 2.52. The zero-order valence-electron chi connectivity index (χ0n) is 7.36. The first-order valence-corrected chi connectivity index (χ1v) is 6.58. The van der Waals surface area contributed by atoms with Crippen LogP contribution < -0.4 is 0 Å². The summed E-state index contributed by atoms with van der Waals surface area (Å²) >= 11 is 0.744. The molecule has 0 unspecified atom stereocenters. The summed E-state index contributed by atoms with van der Waals surface area (Å²) < 4.78 is 0. The molecule has 0 bridgehead atoms. The predicted molar refractivity (Wildman–Crippen MR) is 55.5 cm³/mol. The van der Waals surface area contributed by atoms with Crippen molar-refractivity contribution in [1.29, 1.82) is 0 Å². The molecule has 0 heterocycles. The van der Waals surface area contributed by atoms with Crippen LogP contribution in [0.3, 0.4) is 0 Å². The molecule has 0 aliphatic heterocycles. The number of rotatable bonds is 4. The Kier molecular flexibility index (Phi) is 4.82. The second-order valence-electron chi connectivity index (χ2n) is 2.57. The summed E-state index contributed by atoms with van der Waals surface area (Å²) in [7, 11) is 0. The van der Waals surface area contributed by atoms with E-state index in [1.165, 1.54) is 16.2 Å². The van der Waals surface area contributed by atoms with E-state index in [9.17, 15) is 0 Å². The summed E-state index contributed by atoms with van der Waals surface area (Å²) in [5.41, 5.74) is 1.47. The molecule has 0 radical (unpaired) electrons. The van der Waals surface area contributed by atoms with Crippen molar-refractivity contribution in [3.8, 4) is 0 Å². The molecule has 1 aromatic carbocycles. The van der Waals surface area contributed by atoms with E-state index in [0.29, 0.717) is 0 Å². The van der Waals surface area contributed by atoms with Gasteiger partial charge >= 0.3 is 80.6 Å².